The zero-order valence-corrected chi connectivity index (χ0v) is 14.8. The molecule has 0 aliphatic rings. The fourth-order valence-electron chi connectivity index (χ4n) is 1.80. The van der Waals surface area contributed by atoms with Gasteiger partial charge in [-0.05, 0) is 36.3 Å². The third-order valence-electron chi connectivity index (χ3n) is 3.16. The van der Waals surface area contributed by atoms with E-state index in [4.69, 9.17) is 4.74 Å². The van der Waals surface area contributed by atoms with E-state index in [0.29, 0.717) is 18.5 Å². The van der Waals surface area contributed by atoms with Gasteiger partial charge in [0.05, 0.1) is 0 Å². The molecule has 0 aliphatic heterocycles. The third-order valence-corrected chi connectivity index (χ3v) is 3.16. The smallest absolute Gasteiger partial charge is 0.408 e. The van der Waals surface area contributed by atoms with Crippen molar-refractivity contribution in [2.24, 2.45) is 4.99 Å². The largest absolute Gasteiger partial charge is 0.504 e. The van der Waals surface area contributed by atoms with Crippen LogP contribution in [-0.2, 0) is 16.0 Å². The van der Waals surface area contributed by atoms with Crippen LogP contribution in [0, 0.1) is 0 Å². The summed E-state index contributed by atoms with van der Waals surface area (Å²) in [7, 11) is 3.26. The van der Waals surface area contributed by atoms with Gasteiger partial charge in [-0.2, -0.15) is 0 Å². The van der Waals surface area contributed by atoms with Crippen molar-refractivity contribution in [3.05, 3.63) is 48.1 Å². The fourth-order valence-corrected chi connectivity index (χ4v) is 1.80. The van der Waals surface area contributed by atoms with Crippen LogP contribution in [0.5, 0.6) is 11.5 Å². The number of nitrogens with one attached hydrogen (secondary N) is 1. The maximum absolute atomic E-state index is 11.5. The molecule has 8 nitrogen and oxygen atoms in total. The van der Waals surface area contributed by atoms with Gasteiger partial charge in [-0.15, -0.1) is 0 Å². The number of rotatable bonds is 8. The molecule has 0 radical (unpaired) electrons. The number of phenolic OH excluding ortho intramolecular Hbond substituents is 2. The highest BCUT2D eigenvalue weighted by Crippen LogP contribution is 2.24. The van der Waals surface area contributed by atoms with Gasteiger partial charge >= 0.3 is 6.09 Å². The number of aliphatic imine (C=N–C) groups is 1. The van der Waals surface area contributed by atoms with Crippen molar-refractivity contribution in [2.45, 2.75) is 6.42 Å². The molecule has 140 valence electrons. The highest BCUT2D eigenvalue weighted by atomic mass is 16.6. The van der Waals surface area contributed by atoms with Crippen molar-refractivity contribution in [1.82, 2.24) is 10.2 Å². The van der Waals surface area contributed by atoms with Gasteiger partial charge in [-0.3, -0.25) is 9.79 Å². The Morgan fingerprint density at radius 1 is 1.31 bits per heavy atom. The van der Waals surface area contributed by atoms with Gasteiger partial charge in [0.1, 0.15) is 0 Å². The second-order valence-electron chi connectivity index (χ2n) is 5.48. The Labute approximate surface area is 152 Å². The van der Waals surface area contributed by atoms with Crippen molar-refractivity contribution in [3.63, 3.8) is 0 Å². The molecular weight excluding hydrogens is 338 g/mol. The second kappa shape index (κ2) is 10.5. The summed E-state index contributed by atoms with van der Waals surface area (Å²) >= 11 is 0. The van der Waals surface area contributed by atoms with Crippen molar-refractivity contribution in [2.75, 3.05) is 27.4 Å². The average Bonchev–Trinajstić information content (AvgIpc) is 2.60. The number of nitrogens with zero attached hydrogens (tertiary/aromatic N) is 2. The topological polar surface area (TPSA) is 111 Å². The monoisotopic (exact) mass is 361 g/mol. The van der Waals surface area contributed by atoms with Crippen LogP contribution in [0.3, 0.4) is 0 Å². The number of hydrogen-bond acceptors (Lipinski definition) is 6. The summed E-state index contributed by atoms with van der Waals surface area (Å²) in [4.78, 5) is 28.3. The van der Waals surface area contributed by atoms with E-state index >= 15 is 0 Å². The number of aromatic hydroxyl groups is 2. The molecule has 1 aromatic carbocycles. The Morgan fingerprint density at radius 3 is 2.69 bits per heavy atom. The number of hydrogen-bond donors (Lipinski definition) is 3. The molecule has 3 N–H and O–H groups in total. The predicted molar refractivity (Wildman–Crippen MR) is 98.3 cm³/mol. The summed E-state index contributed by atoms with van der Waals surface area (Å²) in [6.45, 7) is 3.77. The van der Waals surface area contributed by atoms with Crippen LogP contribution < -0.4 is 5.32 Å². The van der Waals surface area contributed by atoms with Gasteiger partial charge < -0.3 is 25.2 Å². The molecule has 0 aromatic heterocycles. The number of alkyl carbamates (subject to hydrolysis) is 1. The summed E-state index contributed by atoms with van der Waals surface area (Å²) in [5.41, 5.74) is 1.08. The summed E-state index contributed by atoms with van der Waals surface area (Å²) in [6.07, 6.45) is 4.29. The van der Waals surface area contributed by atoms with Crippen LogP contribution in [0.15, 0.2) is 47.5 Å². The summed E-state index contributed by atoms with van der Waals surface area (Å²) < 4.78 is 4.85. The van der Waals surface area contributed by atoms with E-state index in [1.165, 1.54) is 35.4 Å². The number of likely N-dealkylation sites (N-methyl/N-ethyl adjacent to an activating group) is 1. The Balaban J connectivity index is 2.23. The second-order valence-corrected chi connectivity index (χ2v) is 5.48. The number of amides is 2. The normalized spacial score (nSPS) is 10.8. The van der Waals surface area contributed by atoms with Crippen LogP contribution in [0.4, 0.5) is 4.79 Å². The lowest BCUT2D eigenvalue weighted by Gasteiger charge is -2.08. The first-order valence-electron chi connectivity index (χ1n) is 7.79. The van der Waals surface area contributed by atoms with Crippen molar-refractivity contribution in [1.29, 1.82) is 0 Å². The van der Waals surface area contributed by atoms with E-state index in [1.807, 2.05) is 0 Å². The lowest BCUT2D eigenvalue weighted by atomic mass is 10.1. The van der Waals surface area contributed by atoms with Crippen LogP contribution in [0.1, 0.15) is 5.56 Å². The van der Waals surface area contributed by atoms with E-state index < -0.39 is 6.09 Å². The fraction of sp³-hybridized carbons (Fsp3) is 0.278. The van der Waals surface area contributed by atoms with Gasteiger partial charge in [0.15, 0.2) is 18.2 Å². The third kappa shape index (κ3) is 7.52. The number of benzene rings is 1. The van der Waals surface area contributed by atoms with Crippen LogP contribution in [0.2, 0.25) is 0 Å². The van der Waals surface area contributed by atoms with E-state index in [9.17, 15) is 19.8 Å². The number of carbonyl (C=O) groups is 2. The zero-order chi connectivity index (χ0) is 19.5. The summed E-state index contributed by atoms with van der Waals surface area (Å²) in [5, 5.41) is 21.1. The molecule has 0 saturated heterocycles. The van der Waals surface area contributed by atoms with Crippen molar-refractivity contribution >= 4 is 18.2 Å². The number of carbonyl (C=O) groups excluding carboxylic acids is 2. The number of ether oxygens (including phenoxy) is 1. The molecule has 1 aromatic rings. The Kier molecular flexibility index (Phi) is 8.42. The zero-order valence-electron chi connectivity index (χ0n) is 14.8. The molecule has 2 amide bonds. The first-order chi connectivity index (χ1) is 12.3. The van der Waals surface area contributed by atoms with E-state index in [1.54, 1.807) is 20.2 Å². The molecular formula is C18H23N3O5. The van der Waals surface area contributed by atoms with Gasteiger partial charge in [-0.1, -0.05) is 12.6 Å². The molecule has 1 rings (SSSR count). The van der Waals surface area contributed by atoms with Gasteiger partial charge in [0, 0.05) is 32.4 Å². The molecule has 0 spiro atoms. The lowest BCUT2D eigenvalue weighted by Crippen LogP contribution is -2.26. The minimum atomic E-state index is -0.624. The van der Waals surface area contributed by atoms with Crippen molar-refractivity contribution < 1.29 is 24.5 Å². The SMILES string of the molecule is C=C(/C=C\C=NCOC(=O)NCCc1ccc(O)c(O)c1)C(=O)N(C)C. The minimum Gasteiger partial charge on any atom is -0.504 e. The minimum absolute atomic E-state index is 0.162. The number of allylic oxidation sites excluding steroid dienone is 1. The molecule has 0 unspecified atom stereocenters. The Morgan fingerprint density at radius 2 is 2.04 bits per heavy atom. The Bertz CT molecular complexity index is 711. The lowest BCUT2D eigenvalue weighted by molar-refractivity contribution is -0.124. The van der Waals surface area contributed by atoms with Gasteiger partial charge in [0.2, 0.25) is 0 Å². The van der Waals surface area contributed by atoms with E-state index in [0.717, 1.165) is 5.56 Å². The standard InChI is InChI=1S/C18H23N3O5/c1-13(17(24)21(2)3)5-4-9-19-12-26-18(25)20-10-8-14-6-7-15(22)16(23)11-14/h4-7,9,11,22-23H,1,8,10,12H2,2-3H3,(H,20,25)/b5-4-,19-9?. The summed E-state index contributed by atoms with van der Waals surface area (Å²) in [6, 6.07) is 4.45. The maximum atomic E-state index is 11.5. The van der Waals surface area contributed by atoms with E-state index in [2.05, 4.69) is 16.9 Å². The van der Waals surface area contributed by atoms with Crippen LogP contribution >= 0.6 is 0 Å². The summed E-state index contributed by atoms with van der Waals surface area (Å²) in [5.74, 6) is -0.600. The van der Waals surface area contributed by atoms with Gasteiger partial charge in [-0.25, -0.2) is 4.79 Å². The Hall–Kier alpha value is -3.29. The van der Waals surface area contributed by atoms with E-state index in [-0.39, 0.29) is 24.1 Å². The quantitative estimate of drug-likeness (QED) is 0.282. The number of phenols is 2. The molecule has 0 fully saturated rings. The molecule has 0 bridgehead atoms. The molecule has 26 heavy (non-hydrogen) atoms. The molecule has 0 atom stereocenters. The highest BCUT2D eigenvalue weighted by Gasteiger charge is 2.05. The average molecular weight is 361 g/mol. The maximum Gasteiger partial charge on any atom is 0.408 e. The molecule has 8 heteroatoms. The predicted octanol–water partition coefficient (Wildman–Crippen LogP) is 1.60. The molecule has 0 aliphatic carbocycles. The van der Waals surface area contributed by atoms with Gasteiger partial charge in [0.25, 0.3) is 5.91 Å². The van der Waals surface area contributed by atoms with Crippen LogP contribution in [-0.4, -0.2) is 60.7 Å². The first kappa shape index (κ1) is 20.8. The first-order valence-corrected chi connectivity index (χ1v) is 7.79. The molecule has 0 heterocycles. The molecule has 0 saturated carbocycles. The van der Waals surface area contributed by atoms with Crippen molar-refractivity contribution in [3.8, 4) is 11.5 Å². The highest BCUT2D eigenvalue weighted by molar-refractivity contribution is 5.96. The van der Waals surface area contributed by atoms with Crippen LogP contribution in [0.25, 0.3) is 0 Å².